The van der Waals surface area contributed by atoms with E-state index in [4.69, 9.17) is 4.65 Å². The third kappa shape index (κ3) is 3.82. The van der Waals surface area contributed by atoms with E-state index in [1.165, 1.54) is 0 Å². The second kappa shape index (κ2) is 6.14. The maximum Gasteiger partial charge on any atom is 0.494 e. The van der Waals surface area contributed by atoms with E-state index in [-0.39, 0.29) is 9.94 Å². The molecule has 0 amide bonds. The van der Waals surface area contributed by atoms with Gasteiger partial charge >= 0.3 is 7.12 Å². The number of hydrogen-bond acceptors (Lipinski definition) is 3. The molecule has 0 heterocycles. The molecule has 0 fully saturated rings. The Morgan fingerprint density at radius 2 is 1.85 bits per heavy atom. The summed E-state index contributed by atoms with van der Waals surface area (Å²) in [4.78, 5) is 0. The highest BCUT2D eigenvalue weighted by molar-refractivity contribution is 9.10. The molecular weight excluding hydrogens is 326 g/mol. The lowest BCUT2D eigenvalue weighted by molar-refractivity contribution is -0.0983. The molecule has 0 aliphatic heterocycles. The fraction of sp³-hybridized carbons (Fsp3) is 0.571. The second-order valence-corrected chi connectivity index (χ2v) is 6.73. The van der Waals surface area contributed by atoms with Gasteiger partial charge in [0.15, 0.2) is 0 Å². The van der Waals surface area contributed by atoms with Gasteiger partial charge in [-0.1, -0.05) is 13.0 Å². The van der Waals surface area contributed by atoms with Gasteiger partial charge in [-0.05, 0) is 61.7 Å². The summed E-state index contributed by atoms with van der Waals surface area (Å²) >= 11 is 3.13. The third-order valence-corrected chi connectivity index (χ3v) is 4.25. The number of rotatable bonds is 5. The minimum atomic E-state index is -1.45. The van der Waals surface area contributed by atoms with E-state index in [1.54, 1.807) is 39.8 Å². The Labute approximate surface area is 128 Å². The van der Waals surface area contributed by atoms with Gasteiger partial charge < -0.3 is 14.8 Å². The molecule has 0 atom stereocenters. The highest BCUT2D eigenvalue weighted by atomic mass is 79.9. The average molecular weight is 347 g/mol. The summed E-state index contributed by atoms with van der Waals surface area (Å²) in [7, 11) is -1.45. The van der Waals surface area contributed by atoms with Crippen LogP contribution in [0.1, 0.15) is 40.2 Å². The van der Waals surface area contributed by atoms with Crippen LogP contribution in [0.2, 0.25) is 0 Å². The Morgan fingerprint density at radius 3 is 2.30 bits per heavy atom. The van der Waals surface area contributed by atoms with Crippen molar-refractivity contribution in [1.29, 1.82) is 0 Å². The molecule has 0 aliphatic carbocycles. The van der Waals surface area contributed by atoms with Crippen molar-refractivity contribution in [3.05, 3.63) is 28.0 Å². The lowest BCUT2D eigenvalue weighted by Gasteiger charge is -2.38. The number of benzene rings is 1. The molecule has 0 unspecified atom stereocenters. The van der Waals surface area contributed by atoms with E-state index in [0.29, 0.717) is 6.42 Å². The summed E-state index contributed by atoms with van der Waals surface area (Å²) in [5.41, 5.74) is -1.26. The fourth-order valence-corrected chi connectivity index (χ4v) is 2.06. The molecule has 20 heavy (non-hydrogen) atoms. The SMILES string of the molecule is CCc1cc(Br)c(F)c(B(O)OC(C)(C)C(C)(C)O)c1. The van der Waals surface area contributed by atoms with Gasteiger partial charge in [-0.15, -0.1) is 0 Å². The zero-order valence-corrected chi connectivity index (χ0v) is 14.1. The van der Waals surface area contributed by atoms with Gasteiger partial charge in [0, 0.05) is 5.46 Å². The van der Waals surface area contributed by atoms with Crippen LogP contribution in [0.25, 0.3) is 0 Å². The van der Waals surface area contributed by atoms with Crippen LogP contribution < -0.4 is 5.46 Å². The predicted molar refractivity (Wildman–Crippen MR) is 82.5 cm³/mol. The molecule has 0 bridgehead atoms. The number of aliphatic hydroxyl groups is 1. The number of halogens is 2. The van der Waals surface area contributed by atoms with Crippen LogP contribution in [0.5, 0.6) is 0 Å². The van der Waals surface area contributed by atoms with Crippen LogP contribution >= 0.6 is 15.9 Å². The minimum Gasteiger partial charge on any atom is -0.423 e. The Hall–Kier alpha value is -0.425. The second-order valence-electron chi connectivity index (χ2n) is 5.87. The van der Waals surface area contributed by atoms with Crippen molar-refractivity contribution in [2.24, 2.45) is 0 Å². The first-order valence-corrected chi connectivity index (χ1v) is 7.35. The van der Waals surface area contributed by atoms with E-state index >= 15 is 0 Å². The van der Waals surface area contributed by atoms with Crippen LogP contribution in [0.3, 0.4) is 0 Å². The quantitative estimate of drug-likeness (QED) is 0.805. The van der Waals surface area contributed by atoms with Gasteiger partial charge in [-0.3, -0.25) is 0 Å². The standard InChI is InChI=1S/C14H21BBrFO3/c1-6-9-7-10(12(17)11(16)8-9)15(19)20-14(4,5)13(2,3)18/h7-8,18-19H,6H2,1-5H3. The minimum absolute atomic E-state index is 0.0635. The zero-order valence-electron chi connectivity index (χ0n) is 12.5. The summed E-state index contributed by atoms with van der Waals surface area (Å²) in [5.74, 6) is -0.554. The molecule has 6 heteroatoms. The molecule has 0 saturated heterocycles. The summed E-state index contributed by atoms with van der Waals surface area (Å²) < 4.78 is 19.8. The molecular formula is C14H21BBrFO3. The Balaban J connectivity index is 3.10. The van der Waals surface area contributed by atoms with E-state index in [0.717, 1.165) is 5.56 Å². The van der Waals surface area contributed by atoms with Gasteiger partial charge in [-0.25, -0.2) is 4.39 Å². The molecule has 1 aromatic carbocycles. The maximum absolute atomic E-state index is 14.1. The first-order valence-electron chi connectivity index (χ1n) is 6.55. The highest BCUT2D eigenvalue weighted by Gasteiger charge is 2.40. The summed E-state index contributed by atoms with van der Waals surface area (Å²) in [5, 5.41) is 20.2. The Morgan fingerprint density at radius 1 is 1.30 bits per heavy atom. The van der Waals surface area contributed by atoms with Crippen molar-refractivity contribution in [3.8, 4) is 0 Å². The van der Waals surface area contributed by atoms with Crippen molar-refractivity contribution < 1.29 is 19.2 Å². The monoisotopic (exact) mass is 346 g/mol. The van der Waals surface area contributed by atoms with E-state index in [9.17, 15) is 14.5 Å². The fourth-order valence-electron chi connectivity index (χ4n) is 1.54. The largest absolute Gasteiger partial charge is 0.494 e. The predicted octanol–water partition coefficient (Wildman–Crippen LogP) is 2.40. The first kappa shape index (κ1) is 17.6. The molecule has 0 radical (unpaired) electrons. The van der Waals surface area contributed by atoms with Crippen molar-refractivity contribution in [3.63, 3.8) is 0 Å². The molecule has 0 aliphatic rings. The van der Waals surface area contributed by atoms with Crippen LogP contribution in [-0.4, -0.2) is 28.5 Å². The molecule has 112 valence electrons. The molecule has 3 nitrogen and oxygen atoms in total. The number of aryl methyl sites for hydroxylation is 1. The van der Waals surface area contributed by atoms with E-state index in [1.807, 2.05) is 6.92 Å². The van der Waals surface area contributed by atoms with Gasteiger partial charge in [0.2, 0.25) is 0 Å². The van der Waals surface area contributed by atoms with Crippen LogP contribution in [-0.2, 0) is 11.1 Å². The van der Waals surface area contributed by atoms with Gasteiger partial charge in [0.1, 0.15) is 5.82 Å². The normalized spacial score (nSPS) is 12.7. The van der Waals surface area contributed by atoms with Crippen LogP contribution in [0.15, 0.2) is 16.6 Å². The first-order chi connectivity index (χ1) is 8.99. The van der Waals surface area contributed by atoms with E-state index < -0.39 is 24.1 Å². The Kier molecular flexibility index (Phi) is 5.41. The lowest BCUT2D eigenvalue weighted by Crippen LogP contribution is -2.53. The summed E-state index contributed by atoms with van der Waals surface area (Å²) in [6, 6.07) is 3.25. The zero-order chi connectivity index (χ0) is 15.7. The average Bonchev–Trinajstić information content (AvgIpc) is 2.30. The number of hydrogen-bond donors (Lipinski definition) is 2. The summed E-state index contributed by atoms with van der Waals surface area (Å²) in [6.45, 7) is 8.39. The van der Waals surface area contributed by atoms with Crippen LogP contribution in [0.4, 0.5) is 4.39 Å². The molecule has 0 aromatic heterocycles. The molecule has 1 rings (SSSR count). The van der Waals surface area contributed by atoms with Crippen molar-refractivity contribution in [2.75, 3.05) is 0 Å². The third-order valence-electron chi connectivity index (χ3n) is 3.67. The van der Waals surface area contributed by atoms with E-state index in [2.05, 4.69) is 15.9 Å². The Bertz CT molecular complexity index is 486. The smallest absolute Gasteiger partial charge is 0.423 e. The van der Waals surface area contributed by atoms with Gasteiger partial charge in [-0.2, -0.15) is 0 Å². The molecule has 1 aromatic rings. The topological polar surface area (TPSA) is 49.7 Å². The maximum atomic E-state index is 14.1. The van der Waals surface area contributed by atoms with Crippen LogP contribution in [0, 0.1) is 5.82 Å². The molecule has 0 spiro atoms. The van der Waals surface area contributed by atoms with Crippen molar-refractivity contribution in [2.45, 2.75) is 52.2 Å². The van der Waals surface area contributed by atoms with Crippen molar-refractivity contribution >= 4 is 28.5 Å². The van der Waals surface area contributed by atoms with Crippen molar-refractivity contribution in [1.82, 2.24) is 0 Å². The highest BCUT2D eigenvalue weighted by Crippen LogP contribution is 2.26. The molecule has 0 saturated carbocycles. The summed E-state index contributed by atoms with van der Waals surface area (Å²) in [6.07, 6.45) is 0.716. The van der Waals surface area contributed by atoms with Gasteiger partial charge in [0.25, 0.3) is 0 Å². The lowest BCUT2D eigenvalue weighted by atomic mass is 9.75. The van der Waals surface area contributed by atoms with Gasteiger partial charge in [0.05, 0.1) is 15.7 Å². The molecule has 2 N–H and O–H groups in total.